The van der Waals surface area contributed by atoms with Crippen molar-refractivity contribution in [2.24, 2.45) is 0 Å². The lowest BCUT2D eigenvalue weighted by atomic mass is 10.2. The van der Waals surface area contributed by atoms with Crippen molar-refractivity contribution in [2.75, 3.05) is 12.3 Å². The second-order valence-electron chi connectivity index (χ2n) is 3.38. The molecule has 0 aliphatic rings. The highest BCUT2D eigenvalue weighted by atomic mass is 79.9. The van der Waals surface area contributed by atoms with E-state index in [1.54, 1.807) is 6.07 Å². The maximum absolute atomic E-state index is 5.87. The standard InChI is InChI=1S/C11H12BrN3O2/c1-2-16-6-10-14-11(17-15-10)8-4-3-7(12)5-9(8)13/h3-5H,2,6,13H2,1H3. The molecule has 0 spiro atoms. The summed E-state index contributed by atoms with van der Waals surface area (Å²) in [5.74, 6) is 0.925. The number of halogens is 1. The van der Waals surface area contributed by atoms with Crippen molar-refractivity contribution in [3.63, 3.8) is 0 Å². The third kappa shape index (κ3) is 2.83. The average Bonchev–Trinajstić information content (AvgIpc) is 2.75. The number of benzene rings is 1. The van der Waals surface area contributed by atoms with Crippen LogP contribution in [0.25, 0.3) is 11.5 Å². The molecule has 0 saturated carbocycles. The summed E-state index contributed by atoms with van der Waals surface area (Å²) in [6, 6.07) is 5.50. The SMILES string of the molecule is CCOCc1noc(-c2ccc(Br)cc2N)n1. The summed E-state index contributed by atoms with van der Waals surface area (Å²) in [5.41, 5.74) is 7.19. The smallest absolute Gasteiger partial charge is 0.260 e. The number of hydrogen-bond acceptors (Lipinski definition) is 5. The van der Waals surface area contributed by atoms with E-state index in [0.717, 1.165) is 10.0 Å². The Labute approximate surface area is 107 Å². The van der Waals surface area contributed by atoms with Crippen molar-refractivity contribution in [1.29, 1.82) is 0 Å². The summed E-state index contributed by atoms with van der Waals surface area (Å²) < 4.78 is 11.2. The van der Waals surface area contributed by atoms with Gasteiger partial charge in [0, 0.05) is 16.8 Å². The summed E-state index contributed by atoms with van der Waals surface area (Å²) in [6.45, 7) is 2.87. The van der Waals surface area contributed by atoms with Crippen LogP contribution >= 0.6 is 15.9 Å². The van der Waals surface area contributed by atoms with Gasteiger partial charge in [0.05, 0.1) is 5.56 Å². The van der Waals surface area contributed by atoms with Gasteiger partial charge >= 0.3 is 0 Å². The lowest BCUT2D eigenvalue weighted by molar-refractivity contribution is 0.126. The summed E-state index contributed by atoms with van der Waals surface area (Å²) in [7, 11) is 0. The van der Waals surface area contributed by atoms with Crippen LogP contribution in [0.2, 0.25) is 0 Å². The zero-order chi connectivity index (χ0) is 12.3. The van der Waals surface area contributed by atoms with E-state index in [-0.39, 0.29) is 0 Å². The molecule has 0 unspecified atom stereocenters. The molecule has 6 heteroatoms. The zero-order valence-electron chi connectivity index (χ0n) is 9.31. The van der Waals surface area contributed by atoms with Gasteiger partial charge in [-0.3, -0.25) is 0 Å². The van der Waals surface area contributed by atoms with E-state index in [9.17, 15) is 0 Å². The van der Waals surface area contributed by atoms with Gasteiger partial charge in [0.15, 0.2) is 5.82 Å². The molecule has 1 aromatic heterocycles. The second-order valence-corrected chi connectivity index (χ2v) is 4.30. The Morgan fingerprint density at radius 3 is 3.00 bits per heavy atom. The molecule has 0 fully saturated rings. The van der Waals surface area contributed by atoms with E-state index < -0.39 is 0 Å². The number of nitrogens with two attached hydrogens (primary N) is 1. The average molecular weight is 298 g/mol. The van der Waals surface area contributed by atoms with Gasteiger partial charge in [-0.15, -0.1) is 0 Å². The van der Waals surface area contributed by atoms with E-state index in [0.29, 0.717) is 30.6 Å². The van der Waals surface area contributed by atoms with Crippen LogP contribution in [-0.4, -0.2) is 16.7 Å². The van der Waals surface area contributed by atoms with Gasteiger partial charge in [-0.1, -0.05) is 21.1 Å². The van der Waals surface area contributed by atoms with Gasteiger partial charge in [0.1, 0.15) is 6.61 Å². The Balaban J connectivity index is 2.24. The predicted octanol–water partition coefficient (Wildman–Crippen LogP) is 2.62. The number of anilines is 1. The van der Waals surface area contributed by atoms with Crippen LogP contribution < -0.4 is 5.73 Å². The van der Waals surface area contributed by atoms with Crippen molar-refractivity contribution in [3.05, 3.63) is 28.5 Å². The first-order chi connectivity index (χ1) is 8.20. The van der Waals surface area contributed by atoms with Crippen LogP contribution in [0.1, 0.15) is 12.7 Å². The molecule has 0 atom stereocenters. The number of aromatic nitrogens is 2. The molecule has 90 valence electrons. The van der Waals surface area contributed by atoms with Gasteiger partial charge in [-0.2, -0.15) is 4.98 Å². The van der Waals surface area contributed by atoms with Gasteiger partial charge in [0.2, 0.25) is 0 Å². The first-order valence-corrected chi connectivity index (χ1v) is 5.95. The fourth-order valence-corrected chi connectivity index (χ4v) is 1.72. The minimum absolute atomic E-state index is 0.344. The molecule has 17 heavy (non-hydrogen) atoms. The van der Waals surface area contributed by atoms with Crippen molar-refractivity contribution >= 4 is 21.6 Å². The van der Waals surface area contributed by atoms with E-state index in [1.165, 1.54) is 0 Å². The molecule has 0 saturated heterocycles. The normalized spacial score (nSPS) is 10.7. The van der Waals surface area contributed by atoms with Crippen molar-refractivity contribution < 1.29 is 9.26 Å². The van der Waals surface area contributed by atoms with E-state index in [2.05, 4.69) is 26.1 Å². The van der Waals surface area contributed by atoms with Crippen LogP contribution in [0, 0.1) is 0 Å². The molecule has 0 bridgehead atoms. The Bertz CT molecular complexity index is 513. The molecule has 0 aliphatic carbocycles. The Morgan fingerprint density at radius 1 is 1.47 bits per heavy atom. The Morgan fingerprint density at radius 2 is 2.29 bits per heavy atom. The highest BCUT2D eigenvalue weighted by molar-refractivity contribution is 9.10. The van der Waals surface area contributed by atoms with E-state index in [1.807, 2.05) is 19.1 Å². The molecular weight excluding hydrogens is 286 g/mol. The number of nitrogens with zero attached hydrogens (tertiary/aromatic N) is 2. The fourth-order valence-electron chi connectivity index (χ4n) is 1.34. The van der Waals surface area contributed by atoms with Crippen molar-refractivity contribution in [2.45, 2.75) is 13.5 Å². The largest absolute Gasteiger partial charge is 0.398 e. The molecule has 1 aromatic carbocycles. The third-order valence-electron chi connectivity index (χ3n) is 2.15. The van der Waals surface area contributed by atoms with Crippen LogP contribution in [0.3, 0.4) is 0 Å². The highest BCUT2D eigenvalue weighted by Gasteiger charge is 2.11. The number of nitrogen functional groups attached to an aromatic ring is 1. The monoisotopic (exact) mass is 297 g/mol. The first-order valence-electron chi connectivity index (χ1n) is 5.16. The summed E-state index contributed by atoms with van der Waals surface area (Å²) in [6.07, 6.45) is 0. The van der Waals surface area contributed by atoms with Crippen molar-refractivity contribution in [1.82, 2.24) is 10.1 Å². The molecule has 2 N–H and O–H groups in total. The van der Waals surface area contributed by atoms with Crippen LogP contribution in [0.5, 0.6) is 0 Å². The topological polar surface area (TPSA) is 74.2 Å². The maximum Gasteiger partial charge on any atom is 0.260 e. The molecule has 2 aromatic rings. The van der Waals surface area contributed by atoms with E-state index >= 15 is 0 Å². The number of rotatable bonds is 4. The predicted molar refractivity (Wildman–Crippen MR) is 67.2 cm³/mol. The van der Waals surface area contributed by atoms with Crippen LogP contribution in [-0.2, 0) is 11.3 Å². The lowest BCUT2D eigenvalue weighted by Crippen LogP contribution is -1.94. The van der Waals surface area contributed by atoms with Gasteiger partial charge in [0.25, 0.3) is 5.89 Å². The second kappa shape index (κ2) is 5.29. The summed E-state index contributed by atoms with van der Waals surface area (Å²) in [5, 5.41) is 3.82. The molecule has 2 rings (SSSR count). The third-order valence-corrected chi connectivity index (χ3v) is 2.64. The first kappa shape index (κ1) is 12.1. The van der Waals surface area contributed by atoms with Gasteiger partial charge in [-0.05, 0) is 25.1 Å². The number of ether oxygens (including phenoxy) is 1. The molecule has 0 aliphatic heterocycles. The molecular formula is C11H12BrN3O2. The maximum atomic E-state index is 5.87. The molecule has 1 heterocycles. The zero-order valence-corrected chi connectivity index (χ0v) is 10.9. The lowest BCUT2D eigenvalue weighted by Gasteiger charge is -2.00. The van der Waals surface area contributed by atoms with Crippen LogP contribution in [0.15, 0.2) is 27.2 Å². The highest BCUT2D eigenvalue weighted by Crippen LogP contribution is 2.27. The van der Waals surface area contributed by atoms with Crippen LogP contribution in [0.4, 0.5) is 5.69 Å². The molecule has 5 nitrogen and oxygen atoms in total. The minimum Gasteiger partial charge on any atom is -0.398 e. The molecule has 0 amide bonds. The van der Waals surface area contributed by atoms with E-state index in [4.69, 9.17) is 15.0 Å². The summed E-state index contributed by atoms with van der Waals surface area (Å²) in [4.78, 5) is 4.21. The van der Waals surface area contributed by atoms with Gasteiger partial charge < -0.3 is 15.0 Å². The number of hydrogen-bond donors (Lipinski definition) is 1. The quantitative estimate of drug-likeness (QED) is 0.878. The Hall–Kier alpha value is -1.40. The Kier molecular flexibility index (Phi) is 3.75. The van der Waals surface area contributed by atoms with Gasteiger partial charge in [-0.25, -0.2) is 0 Å². The molecule has 0 radical (unpaired) electrons. The van der Waals surface area contributed by atoms with Crippen molar-refractivity contribution in [3.8, 4) is 11.5 Å². The minimum atomic E-state index is 0.344. The fraction of sp³-hybridized carbons (Fsp3) is 0.273. The summed E-state index contributed by atoms with van der Waals surface area (Å²) >= 11 is 3.34.